The summed E-state index contributed by atoms with van der Waals surface area (Å²) in [6.45, 7) is 4.90. The predicted octanol–water partition coefficient (Wildman–Crippen LogP) is 3.46. The fourth-order valence-corrected chi connectivity index (χ4v) is 5.40. The number of aromatic nitrogens is 1. The van der Waals surface area contributed by atoms with Gasteiger partial charge >= 0.3 is 6.09 Å². The molecule has 1 N–H and O–H groups in total. The Balaban J connectivity index is 1.36. The van der Waals surface area contributed by atoms with Crippen LogP contribution >= 0.6 is 11.3 Å². The smallest absolute Gasteiger partial charge is 0.410 e. The van der Waals surface area contributed by atoms with Crippen molar-refractivity contribution < 1.29 is 13.9 Å². The molecule has 2 atom stereocenters. The number of amidine groups is 1. The summed E-state index contributed by atoms with van der Waals surface area (Å²) in [6.07, 6.45) is 4.01. The molecule has 3 aliphatic rings. The van der Waals surface area contributed by atoms with E-state index < -0.39 is 6.17 Å². The van der Waals surface area contributed by atoms with Gasteiger partial charge in [0.15, 0.2) is 11.3 Å². The van der Waals surface area contributed by atoms with Gasteiger partial charge in [-0.25, -0.2) is 14.2 Å². The number of halogens is 1. The van der Waals surface area contributed by atoms with Crippen molar-refractivity contribution in [3.63, 3.8) is 0 Å². The Morgan fingerprint density at radius 1 is 1.34 bits per heavy atom. The second-order valence-electron chi connectivity index (χ2n) is 8.74. The zero-order chi connectivity index (χ0) is 24.5. The highest BCUT2D eigenvalue weighted by Gasteiger charge is 2.38. The Kier molecular flexibility index (Phi) is 6.42. The molecule has 1 aromatic carbocycles. The van der Waals surface area contributed by atoms with Crippen LogP contribution in [0.3, 0.4) is 0 Å². The molecule has 1 amide bonds. The van der Waals surface area contributed by atoms with Gasteiger partial charge in [-0.05, 0) is 36.8 Å². The van der Waals surface area contributed by atoms with E-state index in [1.165, 1.54) is 23.5 Å². The lowest BCUT2D eigenvalue weighted by molar-refractivity contribution is 0.145. The number of piperazine rings is 1. The first-order valence-electron chi connectivity index (χ1n) is 11.7. The molecule has 2 fully saturated rings. The largest absolute Gasteiger partial charge is 0.447 e. The number of nitrogens with one attached hydrogen (secondary N) is 1. The summed E-state index contributed by atoms with van der Waals surface area (Å²) in [5, 5.41) is 18.3. The van der Waals surface area contributed by atoms with Crippen LogP contribution in [0.4, 0.5) is 14.3 Å². The molecule has 184 valence electrons. The van der Waals surface area contributed by atoms with Crippen LogP contribution in [0.15, 0.2) is 46.9 Å². The van der Waals surface area contributed by atoms with E-state index in [9.17, 15) is 9.18 Å². The summed E-state index contributed by atoms with van der Waals surface area (Å²) in [6, 6.07) is 6.33. The third kappa shape index (κ3) is 4.60. The number of carbonyl (C=O) groups excluding carboxylic acids is 1. The summed E-state index contributed by atoms with van der Waals surface area (Å²) < 4.78 is 18.5. The molecule has 3 aliphatic heterocycles. The van der Waals surface area contributed by atoms with Gasteiger partial charge in [0.05, 0.1) is 24.0 Å². The second kappa shape index (κ2) is 9.65. The number of hydrogen-bond donors (Lipinski definition) is 1. The molecule has 4 heterocycles. The van der Waals surface area contributed by atoms with Gasteiger partial charge in [-0.2, -0.15) is 5.10 Å². The molecule has 2 unspecified atom stereocenters. The maximum Gasteiger partial charge on any atom is 0.410 e. The van der Waals surface area contributed by atoms with Crippen molar-refractivity contribution >= 4 is 34.1 Å². The van der Waals surface area contributed by atoms with Crippen LogP contribution in [0.2, 0.25) is 0 Å². The average molecular weight is 498 g/mol. The molecule has 0 bridgehead atoms. The van der Waals surface area contributed by atoms with E-state index in [1.54, 1.807) is 17.0 Å². The number of cyclic esters (lactones) is 1. The number of thiazole rings is 1. The monoisotopic (exact) mass is 497 g/mol. The molecular formula is C24H28FN7O2S. The third-order valence-corrected chi connectivity index (χ3v) is 7.44. The average Bonchev–Trinajstić information content (AvgIpc) is 3.52. The number of benzene rings is 1. The minimum Gasteiger partial charge on any atom is -0.447 e. The van der Waals surface area contributed by atoms with Crippen molar-refractivity contribution in [3.05, 3.63) is 47.6 Å². The zero-order valence-electron chi connectivity index (χ0n) is 19.7. The van der Waals surface area contributed by atoms with Crippen LogP contribution in [-0.2, 0) is 4.74 Å². The van der Waals surface area contributed by atoms with Gasteiger partial charge in [0.2, 0.25) is 0 Å². The maximum absolute atomic E-state index is 13.3. The third-order valence-electron chi connectivity index (χ3n) is 6.51. The highest BCUT2D eigenvalue weighted by molar-refractivity contribution is 7.14. The van der Waals surface area contributed by atoms with Gasteiger partial charge in [-0.15, -0.1) is 11.3 Å². The Bertz CT molecular complexity index is 1160. The van der Waals surface area contributed by atoms with Crippen LogP contribution < -0.4 is 4.90 Å². The van der Waals surface area contributed by atoms with E-state index >= 15 is 0 Å². The number of hydrazone groups is 1. The minimum absolute atomic E-state index is 0.0374. The number of ether oxygens (including phenoxy) is 1. The molecule has 11 heteroatoms. The zero-order valence-corrected chi connectivity index (χ0v) is 20.5. The first kappa shape index (κ1) is 23.3. The summed E-state index contributed by atoms with van der Waals surface area (Å²) in [5.74, 6) is 0.543. The number of hydrogen-bond acceptors (Lipinski definition) is 9. The van der Waals surface area contributed by atoms with Crippen molar-refractivity contribution in [2.45, 2.75) is 25.6 Å². The summed E-state index contributed by atoms with van der Waals surface area (Å²) in [7, 11) is 1.93. The van der Waals surface area contributed by atoms with Gasteiger partial charge in [0.25, 0.3) is 0 Å². The first-order chi connectivity index (χ1) is 16.9. The van der Waals surface area contributed by atoms with Gasteiger partial charge in [0.1, 0.15) is 18.3 Å². The lowest BCUT2D eigenvalue weighted by Gasteiger charge is -2.40. The number of amides is 1. The highest BCUT2D eigenvalue weighted by Crippen LogP contribution is 2.30. The molecule has 0 aliphatic carbocycles. The highest BCUT2D eigenvalue weighted by atomic mass is 32.1. The standard InChI is InChI=1S/C24H28FN7O2S/c1-3-19(26)22(29(2)23-27-20(15-35-23)16-6-8-17(25)9-7-16)32-10-4-5-21(28-32)30-11-12-31-18(13-30)14-34-24(31)33/h4-9,15,18,22,26H,3,10-14H2,1-2H3. The lowest BCUT2D eigenvalue weighted by Crippen LogP contribution is -2.55. The van der Waals surface area contributed by atoms with Gasteiger partial charge in [-0.3, -0.25) is 9.91 Å². The van der Waals surface area contributed by atoms with Crippen LogP contribution in [0.1, 0.15) is 13.3 Å². The van der Waals surface area contributed by atoms with E-state index in [0.717, 1.165) is 22.2 Å². The normalized spacial score (nSPS) is 20.4. The molecular weight excluding hydrogens is 469 g/mol. The van der Waals surface area contributed by atoms with E-state index in [2.05, 4.69) is 11.0 Å². The van der Waals surface area contributed by atoms with Crippen molar-refractivity contribution in [1.29, 1.82) is 5.41 Å². The number of fused-ring (bicyclic) bond motifs is 1. The molecule has 0 spiro atoms. The molecule has 2 aromatic rings. The van der Waals surface area contributed by atoms with Crippen molar-refractivity contribution in [2.24, 2.45) is 5.10 Å². The van der Waals surface area contributed by atoms with Crippen molar-refractivity contribution in [1.82, 2.24) is 19.8 Å². The van der Waals surface area contributed by atoms with E-state index in [4.69, 9.17) is 20.2 Å². The fraction of sp³-hybridized carbons (Fsp3) is 0.417. The van der Waals surface area contributed by atoms with E-state index in [1.807, 2.05) is 35.3 Å². The van der Waals surface area contributed by atoms with E-state index in [0.29, 0.717) is 44.9 Å². The summed E-state index contributed by atoms with van der Waals surface area (Å²) in [5.41, 5.74) is 2.15. The van der Waals surface area contributed by atoms with Crippen LogP contribution in [-0.4, -0.2) is 89.5 Å². The topological polar surface area (TPSA) is 88.4 Å². The SMILES string of the molecule is CCC(=N)C(N1CC=CC(N2CCN3C(=O)OCC3C2)=N1)N(C)c1nc(-c2ccc(F)cc2)cs1. The maximum atomic E-state index is 13.3. The predicted molar refractivity (Wildman–Crippen MR) is 134 cm³/mol. The molecule has 2 saturated heterocycles. The van der Waals surface area contributed by atoms with Crippen LogP contribution in [0.25, 0.3) is 11.3 Å². The van der Waals surface area contributed by atoms with Crippen LogP contribution in [0, 0.1) is 11.2 Å². The molecule has 0 saturated carbocycles. The minimum atomic E-state index is -0.398. The number of carbonyl (C=O) groups is 1. The fourth-order valence-electron chi connectivity index (χ4n) is 4.57. The van der Waals surface area contributed by atoms with E-state index in [-0.39, 0.29) is 18.0 Å². The molecule has 0 radical (unpaired) electrons. The number of anilines is 1. The van der Waals surface area contributed by atoms with Crippen molar-refractivity contribution in [2.75, 3.05) is 44.7 Å². The number of rotatable bonds is 6. The Labute approximate surface area is 207 Å². The Morgan fingerprint density at radius 2 is 2.14 bits per heavy atom. The first-order valence-corrected chi connectivity index (χ1v) is 12.5. The van der Waals surface area contributed by atoms with Crippen LogP contribution in [0.5, 0.6) is 0 Å². The lowest BCUT2D eigenvalue weighted by atomic mass is 10.1. The van der Waals surface area contributed by atoms with Crippen molar-refractivity contribution in [3.8, 4) is 11.3 Å². The molecule has 9 nitrogen and oxygen atoms in total. The number of nitrogens with zero attached hydrogens (tertiary/aromatic N) is 6. The Morgan fingerprint density at radius 3 is 2.91 bits per heavy atom. The van der Waals surface area contributed by atoms with Gasteiger partial charge < -0.3 is 19.9 Å². The summed E-state index contributed by atoms with van der Waals surface area (Å²) in [4.78, 5) is 22.5. The Hall–Kier alpha value is -3.47. The summed E-state index contributed by atoms with van der Waals surface area (Å²) >= 11 is 1.49. The molecule has 1 aromatic heterocycles. The molecule has 35 heavy (non-hydrogen) atoms. The second-order valence-corrected chi connectivity index (χ2v) is 9.57. The van der Waals surface area contributed by atoms with Gasteiger partial charge in [0, 0.05) is 37.6 Å². The van der Waals surface area contributed by atoms with Gasteiger partial charge in [-0.1, -0.05) is 13.0 Å². The molecule has 5 rings (SSSR count). The quantitative estimate of drug-likeness (QED) is 0.615.